The molecule has 1 atom stereocenters. The second kappa shape index (κ2) is 1.66. The predicted octanol–water partition coefficient (Wildman–Crippen LogP) is 0.854. The molecule has 1 heterocycles. The third-order valence-corrected chi connectivity index (χ3v) is 2.81. The van der Waals surface area contributed by atoms with Crippen LogP contribution in [0.3, 0.4) is 0 Å². The molecule has 1 rings (SSSR count). The second-order valence-corrected chi connectivity index (χ2v) is 4.31. The van der Waals surface area contributed by atoms with Crippen molar-refractivity contribution < 1.29 is 0 Å². The van der Waals surface area contributed by atoms with Crippen LogP contribution in [0.4, 0.5) is 0 Å². The van der Waals surface area contributed by atoms with Gasteiger partial charge in [-0.2, -0.15) is 0 Å². The van der Waals surface area contributed by atoms with Crippen LogP contribution in [0.25, 0.3) is 0 Å². The quantitative estimate of drug-likeness (QED) is 0.440. The predicted molar refractivity (Wildman–Crippen MR) is 30.0 cm³/mol. The van der Waals surface area contributed by atoms with Crippen LogP contribution in [0.2, 0.25) is 0 Å². The van der Waals surface area contributed by atoms with E-state index in [4.69, 9.17) is 0 Å². The van der Waals surface area contributed by atoms with E-state index in [-0.39, 0.29) is 15.8 Å². The van der Waals surface area contributed by atoms with Gasteiger partial charge in [0.15, 0.2) is 0 Å². The summed E-state index contributed by atoms with van der Waals surface area (Å²) in [5, 5.41) is 0. The van der Waals surface area contributed by atoms with Crippen molar-refractivity contribution in [1.82, 2.24) is 0 Å². The summed E-state index contributed by atoms with van der Waals surface area (Å²) < 4.78 is 1.59. The molecule has 0 fully saturated rings. The van der Waals surface area contributed by atoms with E-state index in [9.17, 15) is 0 Å². The normalized spacial score (nSPS) is 22.5. The fourth-order valence-electron chi connectivity index (χ4n) is 0.420. The van der Waals surface area contributed by atoms with Crippen LogP contribution in [0, 0.1) is 0 Å². The molecule has 0 aromatic carbocycles. The molecule has 1 heteroatoms. The Labute approximate surface area is 44.6 Å². The Hall–Kier alpha value is 0.0384. The summed E-state index contributed by atoms with van der Waals surface area (Å²) in [5.41, 5.74) is 0. The third-order valence-electron chi connectivity index (χ3n) is 0.753. The zero-order valence-corrected chi connectivity index (χ0v) is 5.83. The van der Waals surface area contributed by atoms with Crippen molar-refractivity contribution in [3.63, 3.8) is 0 Å². The number of allylic oxidation sites excluding steroid dienone is 3. The van der Waals surface area contributed by atoms with E-state index < -0.39 is 0 Å². The van der Waals surface area contributed by atoms with E-state index in [1.165, 1.54) is 0 Å². The van der Waals surface area contributed by atoms with E-state index in [1.807, 2.05) is 0 Å². The van der Waals surface area contributed by atoms with Gasteiger partial charge in [0.2, 0.25) is 0 Å². The Kier molecular flexibility index (Phi) is 1.16. The molecule has 32 valence electrons. The Morgan fingerprint density at radius 2 is 2.50 bits per heavy atom. The molecule has 1 aliphatic rings. The monoisotopic (exact) mass is 142 g/mol. The second-order valence-electron chi connectivity index (χ2n) is 1.35. The van der Waals surface area contributed by atoms with Crippen LogP contribution in [-0.4, -0.2) is 15.8 Å². The first-order valence-corrected chi connectivity index (χ1v) is 4.25. The Morgan fingerprint density at radius 3 is 2.67 bits per heavy atom. The van der Waals surface area contributed by atoms with Crippen LogP contribution < -0.4 is 0 Å². The van der Waals surface area contributed by atoms with Crippen molar-refractivity contribution in [3.8, 4) is 0 Å². The number of hydrogen-bond acceptors (Lipinski definition) is 0. The van der Waals surface area contributed by atoms with E-state index in [0.717, 1.165) is 0 Å². The van der Waals surface area contributed by atoms with Gasteiger partial charge in [0, 0.05) is 0 Å². The summed E-state index contributed by atoms with van der Waals surface area (Å²) in [6.07, 6.45) is 4.34. The first-order valence-electron chi connectivity index (χ1n) is 1.99. The minimum atomic E-state index is 0.250. The summed E-state index contributed by atoms with van der Waals surface area (Å²) in [6, 6.07) is 0. The summed E-state index contributed by atoms with van der Waals surface area (Å²) in [5.74, 6) is 0. The van der Waals surface area contributed by atoms with E-state index in [1.54, 1.807) is 4.36 Å². The Bertz CT molecular complexity index is 101. The Morgan fingerprint density at radius 1 is 1.67 bits per heavy atom. The first-order chi connectivity index (χ1) is 2.89. The maximum absolute atomic E-state index is 2.29. The van der Waals surface area contributed by atoms with Crippen molar-refractivity contribution in [2.75, 3.05) is 0 Å². The average molecular weight is 142 g/mol. The fraction of sp³-hybridized carbons (Fsp3) is 0.200. The van der Waals surface area contributed by atoms with Gasteiger partial charge in [-0.1, -0.05) is 0 Å². The molecule has 0 aliphatic carbocycles. The van der Waals surface area contributed by atoms with Crippen LogP contribution >= 0.6 is 0 Å². The fourth-order valence-corrected chi connectivity index (χ4v) is 1.78. The van der Waals surface area contributed by atoms with Crippen LogP contribution in [0.15, 0.2) is 21.4 Å². The molecule has 1 aliphatic heterocycles. The molecule has 0 saturated carbocycles. The molecule has 1 unspecified atom stereocenters. The third kappa shape index (κ3) is 0.753. The van der Waals surface area contributed by atoms with Gasteiger partial charge in [0.1, 0.15) is 0 Å². The summed E-state index contributed by atoms with van der Waals surface area (Å²) in [6.45, 7) is 2.19. The van der Waals surface area contributed by atoms with E-state index >= 15 is 0 Å². The van der Waals surface area contributed by atoms with Gasteiger partial charge in [-0.3, -0.25) is 0 Å². The zero-order valence-electron chi connectivity index (χ0n) is 3.73. The topological polar surface area (TPSA) is 0 Å². The van der Waals surface area contributed by atoms with Crippen molar-refractivity contribution in [2.45, 2.75) is 6.92 Å². The van der Waals surface area contributed by atoms with Crippen molar-refractivity contribution in [3.05, 3.63) is 21.4 Å². The average Bonchev–Trinajstić information content (AvgIpc) is 1.86. The van der Waals surface area contributed by atoms with Gasteiger partial charge in [-0.25, -0.2) is 0 Å². The molecule has 0 saturated heterocycles. The van der Waals surface area contributed by atoms with E-state index in [2.05, 4.69) is 23.9 Å². The van der Waals surface area contributed by atoms with E-state index in [0.29, 0.717) is 0 Å². The van der Waals surface area contributed by atoms with Gasteiger partial charge in [0.25, 0.3) is 0 Å². The van der Waals surface area contributed by atoms with Gasteiger partial charge < -0.3 is 0 Å². The molecular weight excluding hydrogens is 135 g/mol. The van der Waals surface area contributed by atoms with Crippen molar-refractivity contribution in [2.24, 2.45) is 0 Å². The van der Waals surface area contributed by atoms with Crippen molar-refractivity contribution in [1.29, 1.82) is 0 Å². The molecule has 0 aromatic heterocycles. The summed E-state index contributed by atoms with van der Waals surface area (Å²) in [4.78, 5) is 2.29. The summed E-state index contributed by atoms with van der Waals surface area (Å²) >= 11 is 0.250. The molecule has 0 aromatic rings. The molecule has 6 heavy (non-hydrogen) atoms. The molecule has 0 bridgehead atoms. The van der Waals surface area contributed by atoms with Gasteiger partial charge >= 0.3 is 44.1 Å². The van der Waals surface area contributed by atoms with Gasteiger partial charge in [0.05, 0.1) is 0 Å². The molecule has 0 N–H and O–H groups in total. The van der Waals surface area contributed by atoms with Gasteiger partial charge in [-0.15, -0.1) is 0 Å². The molecule has 0 spiro atoms. The van der Waals surface area contributed by atoms with Crippen molar-refractivity contribution >= 4 is 15.8 Å². The number of hydrogen-bond donors (Lipinski definition) is 0. The zero-order chi connectivity index (χ0) is 4.41. The Balaban J connectivity index is 2.61. The molecule has 0 nitrogen and oxygen atoms in total. The standard InChI is InChI=1S/C5H7As/c1-5-3-2-4-6-5/h2-4,6H,1H3. The molecule has 0 radical (unpaired) electrons. The first kappa shape index (κ1) is 4.20. The SMILES string of the molecule is CC1=CC=C[AsH]1. The number of rotatable bonds is 0. The van der Waals surface area contributed by atoms with Crippen LogP contribution in [0.5, 0.6) is 0 Å². The maximum atomic E-state index is 2.29. The molecular formula is C5H7As. The van der Waals surface area contributed by atoms with Crippen LogP contribution in [-0.2, 0) is 0 Å². The summed E-state index contributed by atoms with van der Waals surface area (Å²) in [7, 11) is 0. The molecule has 0 amide bonds. The minimum absolute atomic E-state index is 0.250. The van der Waals surface area contributed by atoms with Gasteiger partial charge in [-0.05, 0) is 0 Å². The van der Waals surface area contributed by atoms with Crippen LogP contribution in [0.1, 0.15) is 6.92 Å².